The first-order valence-electron chi connectivity index (χ1n) is 14.4. The Morgan fingerprint density at radius 1 is 0.525 bits per heavy atom. The van der Waals surface area contributed by atoms with Gasteiger partial charge < -0.3 is 10.2 Å². The van der Waals surface area contributed by atoms with E-state index in [0.717, 1.165) is 21.5 Å². The summed E-state index contributed by atoms with van der Waals surface area (Å²) in [6, 6.07) is 23.9. The van der Waals surface area contributed by atoms with Gasteiger partial charge in [-0.05, 0) is 101 Å². The fraction of sp³-hybridized carbons (Fsp3) is 0.412. The van der Waals surface area contributed by atoms with Gasteiger partial charge in [0.2, 0.25) is 10.6 Å². The normalized spacial score (nSPS) is 14.4. The lowest BCUT2D eigenvalue weighted by atomic mass is 10.0. The smallest absolute Gasteiger partial charge is 0.374 e. The zero-order valence-electron chi connectivity index (χ0n) is 25.0. The largest absolute Gasteiger partial charge is 0.416 e. The van der Waals surface area contributed by atoms with Gasteiger partial charge in [-0.3, -0.25) is 9.80 Å². The summed E-state index contributed by atoms with van der Waals surface area (Å²) >= 11 is 0. The molecule has 0 saturated heterocycles. The van der Waals surface area contributed by atoms with Gasteiger partial charge in [-0.15, -0.1) is 0 Å². The highest BCUT2D eigenvalue weighted by molar-refractivity contribution is 7.61. The Bertz CT molecular complexity index is 1370. The average Bonchev–Trinajstić information content (AvgIpc) is 2.90. The Morgan fingerprint density at radius 3 is 1.18 bits per heavy atom. The molecule has 4 aromatic carbocycles. The van der Waals surface area contributed by atoms with E-state index in [0.29, 0.717) is 21.7 Å². The number of aliphatic hydroxyl groups excluding tert-OH is 2. The summed E-state index contributed by atoms with van der Waals surface area (Å²) < 4.78 is 14.8. The number of aliphatic hydroxyl groups is 2. The predicted molar refractivity (Wildman–Crippen MR) is 169 cm³/mol. The first-order chi connectivity index (χ1) is 19.0. The third-order valence-electron chi connectivity index (χ3n) is 7.80. The van der Waals surface area contributed by atoms with E-state index >= 15 is 0 Å². The van der Waals surface area contributed by atoms with Gasteiger partial charge in [0.15, 0.2) is 0 Å². The van der Waals surface area contributed by atoms with Crippen LogP contribution in [0.3, 0.4) is 0 Å². The van der Waals surface area contributed by atoms with E-state index < -0.39 is 20.3 Å². The van der Waals surface area contributed by atoms with Gasteiger partial charge in [0.25, 0.3) is 0 Å². The Kier molecular flexibility index (Phi) is 9.44. The molecule has 1 unspecified atom stereocenters. The lowest BCUT2D eigenvalue weighted by Gasteiger charge is -2.36. The summed E-state index contributed by atoms with van der Waals surface area (Å²) in [6.07, 6.45) is -1.89. The molecule has 212 valence electrons. The minimum atomic E-state index is -2.17. The van der Waals surface area contributed by atoms with E-state index in [1.165, 1.54) is 0 Å². The van der Waals surface area contributed by atoms with E-state index in [1.807, 2.05) is 82.6 Å². The van der Waals surface area contributed by atoms with Crippen molar-refractivity contribution in [2.45, 2.75) is 92.0 Å². The second kappa shape index (κ2) is 12.5. The van der Waals surface area contributed by atoms with Gasteiger partial charge in [-0.1, -0.05) is 53.1 Å². The number of hydrogen-bond donors (Lipinski definition) is 2. The van der Waals surface area contributed by atoms with Crippen molar-refractivity contribution in [3.63, 3.8) is 0 Å². The van der Waals surface area contributed by atoms with Crippen molar-refractivity contribution in [1.82, 2.24) is 9.80 Å². The van der Waals surface area contributed by atoms with Crippen LogP contribution in [-0.4, -0.2) is 44.2 Å². The monoisotopic (exact) mass is 559 g/mol. The average molecular weight is 560 g/mol. The first kappa shape index (κ1) is 30.3. The molecule has 0 saturated carbocycles. The van der Waals surface area contributed by atoms with Gasteiger partial charge in [-0.2, -0.15) is 0 Å². The first-order valence-corrected chi connectivity index (χ1v) is 15.6. The van der Waals surface area contributed by atoms with Crippen LogP contribution in [0.5, 0.6) is 0 Å². The van der Waals surface area contributed by atoms with E-state index in [4.69, 9.17) is 0 Å². The van der Waals surface area contributed by atoms with Crippen LogP contribution >= 0.6 is 7.80 Å². The van der Waals surface area contributed by atoms with E-state index in [9.17, 15) is 14.8 Å². The molecule has 0 amide bonds. The molecule has 6 heteroatoms. The molecular formula is C34H44N2O3P+. The molecule has 5 nitrogen and oxygen atoms in total. The number of benzene rings is 4. The van der Waals surface area contributed by atoms with Gasteiger partial charge in [0.1, 0.15) is 12.5 Å². The van der Waals surface area contributed by atoms with Crippen LogP contribution in [0.15, 0.2) is 72.8 Å². The molecular weight excluding hydrogens is 515 g/mol. The molecule has 0 aliphatic heterocycles. The van der Waals surface area contributed by atoms with Gasteiger partial charge in [-0.25, -0.2) is 0 Å². The van der Waals surface area contributed by atoms with E-state index in [1.54, 1.807) is 0 Å². The van der Waals surface area contributed by atoms with Crippen LogP contribution in [0.4, 0.5) is 0 Å². The van der Waals surface area contributed by atoms with Crippen LogP contribution in [0.25, 0.3) is 21.5 Å². The molecule has 4 rings (SSSR count). The Labute approximate surface area is 240 Å². The Morgan fingerprint density at radius 2 is 0.850 bits per heavy atom. The molecule has 40 heavy (non-hydrogen) atoms. The van der Waals surface area contributed by atoms with Crippen molar-refractivity contribution in [1.29, 1.82) is 0 Å². The van der Waals surface area contributed by atoms with E-state index in [2.05, 4.69) is 55.4 Å². The van der Waals surface area contributed by atoms with Crippen molar-refractivity contribution in [2.24, 2.45) is 0 Å². The van der Waals surface area contributed by atoms with Crippen molar-refractivity contribution in [3.05, 3.63) is 83.9 Å². The SMILES string of the molecule is CC(C)N(C(C)C)[C@H](O)c1c([P+](=O)c2ccc3ccccc3c2[C@H](O)N(C(C)C)C(C)C)ccc2ccccc12. The molecule has 0 spiro atoms. The second-order valence-corrected chi connectivity index (χ2v) is 13.3. The molecule has 0 aliphatic rings. The van der Waals surface area contributed by atoms with Gasteiger partial charge in [0, 0.05) is 24.2 Å². The summed E-state index contributed by atoms with van der Waals surface area (Å²) in [4.78, 5) is 4.09. The summed E-state index contributed by atoms with van der Waals surface area (Å²) in [5.74, 6) is 0. The van der Waals surface area contributed by atoms with Crippen LogP contribution < -0.4 is 10.6 Å². The highest BCUT2D eigenvalue weighted by Crippen LogP contribution is 2.38. The number of hydrogen-bond acceptors (Lipinski definition) is 5. The third-order valence-corrected chi connectivity index (χ3v) is 9.45. The third kappa shape index (κ3) is 5.72. The van der Waals surface area contributed by atoms with Crippen molar-refractivity contribution in [2.75, 3.05) is 0 Å². The van der Waals surface area contributed by atoms with Crippen LogP contribution in [0.2, 0.25) is 0 Å². The van der Waals surface area contributed by atoms with Crippen LogP contribution in [0.1, 0.15) is 79.0 Å². The lowest BCUT2D eigenvalue weighted by molar-refractivity contribution is -0.0380. The van der Waals surface area contributed by atoms with Crippen LogP contribution in [0, 0.1) is 0 Å². The van der Waals surface area contributed by atoms with Gasteiger partial charge >= 0.3 is 7.80 Å². The maximum Gasteiger partial charge on any atom is 0.416 e. The molecule has 0 bridgehead atoms. The van der Waals surface area contributed by atoms with E-state index in [-0.39, 0.29) is 24.2 Å². The second-order valence-electron chi connectivity index (χ2n) is 11.8. The highest BCUT2D eigenvalue weighted by Gasteiger charge is 2.39. The predicted octanol–water partition coefficient (Wildman–Crippen LogP) is 6.99. The Hall–Kier alpha value is -2.66. The van der Waals surface area contributed by atoms with Crippen LogP contribution in [-0.2, 0) is 4.57 Å². The fourth-order valence-corrected chi connectivity index (χ4v) is 7.80. The molecule has 3 atom stereocenters. The fourth-order valence-electron chi connectivity index (χ4n) is 6.22. The molecule has 0 heterocycles. The molecule has 2 N–H and O–H groups in total. The number of fused-ring (bicyclic) bond motifs is 2. The van der Waals surface area contributed by atoms with Gasteiger partial charge in [0.05, 0.1) is 11.1 Å². The summed E-state index contributed by atoms with van der Waals surface area (Å²) in [5.41, 5.74) is 1.33. The summed E-state index contributed by atoms with van der Waals surface area (Å²) in [5, 5.41) is 28.8. The molecule has 4 aromatic rings. The van der Waals surface area contributed by atoms with Crippen molar-refractivity contribution >= 4 is 40.0 Å². The standard InChI is InChI=1S/C34H44N2O3P/c1-21(2)35(22(3)4)33(37)31-27-15-11-9-13-25(27)17-19-29(31)40(39)30-20-18-26-14-10-12-16-28(26)32(30)34(38)36(23(5)6)24(7)8/h9-24,33-34,37-38H,1-8H3/q+1/t33-,34+. The summed E-state index contributed by atoms with van der Waals surface area (Å²) in [6.45, 7) is 16.5. The molecule has 0 fully saturated rings. The lowest BCUT2D eigenvalue weighted by Crippen LogP contribution is -2.42. The molecule has 0 aliphatic carbocycles. The summed E-state index contributed by atoms with van der Waals surface area (Å²) in [7, 11) is -2.17. The highest BCUT2D eigenvalue weighted by atomic mass is 31.1. The topological polar surface area (TPSA) is 64.0 Å². The quantitative estimate of drug-likeness (QED) is 0.162. The molecule has 0 aromatic heterocycles. The minimum Gasteiger partial charge on any atom is -0.374 e. The zero-order valence-corrected chi connectivity index (χ0v) is 25.9. The number of rotatable bonds is 10. The maximum absolute atomic E-state index is 14.8. The maximum atomic E-state index is 14.8. The zero-order chi connectivity index (χ0) is 29.3. The minimum absolute atomic E-state index is 0.0726. The number of nitrogens with zero attached hydrogens (tertiary/aromatic N) is 2. The molecule has 0 radical (unpaired) electrons. The van der Waals surface area contributed by atoms with Crippen molar-refractivity contribution < 1.29 is 14.8 Å². The Balaban J connectivity index is 2.01. The van der Waals surface area contributed by atoms with Crippen molar-refractivity contribution in [3.8, 4) is 0 Å².